The van der Waals surface area contributed by atoms with E-state index in [9.17, 15) is 14.4 Å². The van der Waals surface area contributed by atoms with Crippen LogP contribution in [0.4, 0.5) is 4.79 Å². The van der Waals surface area contributed by atoms with E-state index in [1.54, 1.807) is 28.9 Å². The number of hydrogen-bond acceptors (Lipinski definition) is 4. The highest BCUT2D eigenvalue weighted by molar-refractivity contribution is 6.04. The average molecular weight is 349 g/mol. The number of carbonyl (C=O) groups is 3. The van der Waals surface area contributed by atoms with Crippen LogP contribution in [0.15, 0.2) is 54.9 Å². The first kappa shape index (κ1) is 15.8. The standard InChI is InChI=1S/C18H15N5O3/c24-16-9-19-18(26)22(16)10-12-5-1-2-6-13(12)17(25)21-23-11-20-14-7-3-4-8-15(14)23/h1-8,11H,9-10H2,(H,19,26)(H,21,25). The molecule has 0 atom stereocenters. The van der Waals surface area contributed by atoms with Crippen LogP contribution in [0.25, 0.3) is 11.0 Å². The number of para-hydroxylation sites is 2. The SMILES string of the molecule is O=C(Nn1cnc2ccccc21)c1ccccc1CN1C(=O)CNC1=O. The average Bonchev–Trinajstić information content (AvgIpc) is 3.20. The molecule has 4 amide bonds. The highest BCUT2D eigenvalue weighted by atomic mass is 16.2. The van der Waals surface area contributed by atoms with E-state index in [1.807, 2.05) is 24.3 Å². The molecule has 2 heterocycles. The van der Waals surface area contributed by atoms with Gasteiger partial charge in [0, 0.05) is 5.56 Å². The van der Waals surface area contributed by atoms with Gasteiger partial charge < -0.3 is 5.32 Å². The summed E-state index contributed by atoms with van der Waals surface area (Å²) in [6.07, 6.45) is 1.53. The van der Waals surface area contributed by atoms with Crippen LogP contribution in [0.5, 0.6) is 0 Å². The summed E-state index contributed by atoms with van der Waals surface area (Å²) in [6.45, 7) is 0.0210. The second-order valence-electron chi connectivity index (χ2n) is 5.84. The lowest BCUT2D eigenvalue weighted by molar-refractivity contribution is -0.125. The quantitative estimate of drug-likeness (QED) is 0.697. The Morgan fingerprint density at radius 1 is 1.12 bits per heavy atom. The molecule has 1 aliphatic heterocycles. The maximum Gasteiger partial charge on any atom is 0.324 e. The predicted octanol–water partition coefficient (Wildman–Crippen LogP) is 1.47. The molecular formula is C18H15N5O3. The van der Waals surface area contributed by atoms with Gasteiger partial charge in [0.15, 0.2) is 0 Å². The molecule has 2 N–H and O–H groups in total. The second-order valence-corrected chi connectivity index (χ2v) is 5.84. The van der Waals surface area contributed by atoms with Gasteiger partial charge in [0.1, 0.15) is 6.33 Å². The monoisotopic (exact) mass is 349 g/mol. The minimum Gasteiger partial charge on any atom is -0.329 e. The number of carbonyl (C=O) groups excluding carboxylic acids is 3. The molecule has 1 fully saturated rings. The Kier molecular flexibility index (Phi) is 3.85. The molecule has 0 saturated carbocycles. The Morgan fingerprint density at radius 3 is 2.69 bits per heavy atom. The van der Waals surface area contributed by atoms with Gasteiger partial charge in [0.2, 0.25) is 5.91 Å². The number of imide groups is 1. The van der Waals surface area contributed by atoms with Crippen LogP contribution in [0.1, 0.15) is 15.9 Å². The van der Waals surface area contributed by atoms with E-state index < -0.39 is 6.03 Å². The molecule has 1 aromatic heterocycles. The molecule has 3 aromatic rings. The van der Waals surface area contributed by atoms with Gasteiger partial charge >= 0.3 is 6.03 Å². The minimum absolute atomic E-state index is 0.0196. The van der Waals surface area contributed by atoms with Gasteiger partial charge in [-0.15, -0.1) is 0 Å². The molecule has 1 saturated heterocycles. The number of amides is 4. The first-order chi connectivity index (χ1) is 12.6. The Labute approximate surface area is 148 Å². The van der Waals surface area contributed by atoms with Crippen molar-refractivity contribution in [3.8, 4) is 0 Å². The van der Waals surface area contributed by atoms with Crippen molar-refractivity contribution in [2.45, 2.75) is 6.54 Å². The van der Waals surface area contributed by atoms with Crippen molar-refractivity contribution in [3.05, 3.63) is 66.0 Å². The lowest BCUT2D eigenvalue weighted by Gasteiger charge is -2.15. The Bertz CT molecular complexity index is 1010. The maximum atomic E-state index is 12.7. The molecular weight excluding hydrogens is 334 g/mol. The van der Waals surface area contributed by atoms with E-state index in [0.29, 0.717) is 11.1 Å². The van der Waals surface area contributed by atoms with E-state index in [2.05, 4.69) is 15.7 Å². The van der Waals surface area contributed by atoms with Gasteiger partial charge in [0.05, 0.1) is 24.1 Å². The Balaban J connectivity index is 1.60. The van der Waals surface area contributed by atoms with E-state index in [4.69, 9.17) is 0 Å². The number of aromatic nitrogens is 2. The zero-order valence-electron chi connectivity index (χ0n) is 13.7. The Morgan fingerprint density at radius 2 is 1.88 bits per heavy atom. The van der Waals surface area contributed by atoms with Crippen molar-refractivity contribution in [2.75, 3.05) is 12.0 Å². The Hall–Kier alpha value is -3.68. The fraction of sp³-hybridized carbons (Fsp3) is 0.111. The minimum atomic E-state index is -0.453. The van der Waals surface area contributed by atoms with Crippen LogP contribution in [0, 0.1) is 0 Å². The lowest BCUT2D eigenvalue weighted by atomic mass is 10.1. The number of hydrogen-bond donors (Lipinski definition) is 2. The molecule has 26 heavy (non-hydrogen) atoms. The summed E-state index contributed by atoms with van der Waals surface area (Å²) >= 11 is 0. The summed E-state index contributed by atoms with van der Waals surface area (Å²) < 4.78 is 1.54. The number of benzene rings is 2. The van der Waals surface area contributed by atoms with Gasteiger partial charge in [-0.2, -0.15) is 0 Å². The third-order valence-electron chi connectivity index (χ3n) is 4.20. The number of nitrogens with zero attached hydrogens (tertiary/aromatic N) is 3. The lowest BCUT2D eigenvalue weighted by Crippen LogP contribution is -2.31. The number of nitrogens with one attached hydrogen (secondary N) is 2. The van der Waals surface area contributed by atoms with Crippen LogP contribution in [0.2, 0.25) is 0 Å². The van der Waals surface area contributed by atoms with Crippen LogP contribution in [0.3, 0.4) is 0 Å². The molecule has 0 unspecified atom stereocenters. The summed E-state index contributed by atoms with van der Waals surface area (Å²) in [7, 11) is 0. The molecule has 2 aromatic carbocycles. The van der Waals surface area contributed by atoms with Crippen LogP contribution < -0.4 is 10.7 Å². The summed E-state index contributed by atoms with van der Waals surface area (Å²) in [5.41, 5.74) is 5.29. The van der Waals surface area contributed by atoms with Crippen molar-refractivity contribution >= 4 is 28.9 Å². The molecule has 0 spiro atoms. The number of fused-ring (bicyclic) bond motifs is 1. The molecule has 4 rings (SSSR count). The number of rotatable bonds is 4. The van der Waals surface area contributed by atoms with Gasteiger partial charge in [-0.1, -0.05) is 30.3 Å². The topological polar surface area (TPSA) is 96.3 Å². The summed E-state index contributed by atoms with van der Waals surface area (Å²) in [4.78, 5) is 41.6. The number of urea groups is 1. The van der Waals surface area contributed by atoms with Crippen LogP contribution in [-0.4, -0.2) is 39.0 Å². The van der Waals surface area contributed by atoms with Crippen molar-refractivity contribution in [3.63, 3.8) is 0 Å². The van der Waals surface area contributed by atoms with Gasteiger partial charge in [-0.25, -0.2) is 14.5 Å². The third kappa shape index (κ3) is 2.77. The maximum absolute atomic E-state index is 12.7. The predicted molar refractivity (Wildman–Crippen MR) is 93.8 cm³/mol. The highest BCUT2D eigenvalue weighted by Gasteiger charge is 2.29. The van der Waals surface area contributed by atoms with Gasteiger partial charge in [0.25, 0.3) is 5.91 Å². The zero-order valence-corrected chi connectivity index (χ0v) is 13.7. The molecule has 0 bridgehead atoms. The van der Waals surface area contributed by atoms with Crippen LogP contribution in [-0.2, 0) is 11.3 Å². The first-order valence-electron chi connectivity index (χ1n) is 8.03. The zero-order chi connectivity index (χ0) is 18.1. The fourth-order valence-electron chi connectivity index (χ4n) is 2.88. The first-order valence-corrected chi connectivity index (χ1v) is 8.03. The normalized spacial score (nSPS) is 13.9. The fourth-order valence-corrected chi connectivity index (χ4v) is 2.88. The molecule has 0 aliphatic carbocycles. The molecule has 8 heteroatoms. The molecule has 8 nitrogen and oxygen atoms in total. The smallest absolute Gasteiger partial charge is 0.324 e. The van der Waals surface area contributed by atoms with Crippen molar-refractivity contribution in [2.24, 2.45) is 0 Å². The van der Waals surface area contributed by atoms with Gasteiger partial charge in [-0.05, 0) is 23.8 Å². The summed E-state index contributed by atoms with van der Waals surface area (Å²) in [5.74, 6) is -0.665. The highest BCUT2D eigenvalue weighted by Crippen LogP contribution is 2.15. The summed E-state index contributed by atoms with van der Waals surface area (Å²) in [6, 6.07) is 13.8. The van der Waals surface area contributed by atoms with E-state index >= 15 is 0 Å². The van der Waals surface area contributed by atoms with E-state index in [1.165, 1.54) is 6.33 Å². The van der Waals surface area contributed by atoms with Crippen molar-refractivity contribution in [1.82, 2.24) is 19.9 Å². The van der Waals surface area contributed by atoms with Crippen molar-refractivity contribution in [1.29, 1.82) is 0 Å². The molecule has 130 valence electrons. The van der Waals surface area contributed by atoms with Gasteiger partial charge in [-0.3, -0.25) is 19.9 Å². The number of imidazole rings is 1. The van der Waals surface area contributed by atoms with E-state index in [-0.39, 0.29) is 24.9 Å². The van der Waals surface area contributed by atoms with Crippen molar-refractivity contribution < 1.29 is 14.4 Å². The molecule has 1 aliphatic rings. The largest absolute Gasteiger partial charge is 0.329 e. The third-order valence-corrected chi connectivity index (χ3v) is 4.20. The van der Waals surface area contributed by atoms with E-state index in [0.717, 1.165) is 15.9 Å². The van der Waals surface area contributed by atoms with Crippen LogP contribution >= 0.6 is 0 Å². The summed E-state index contributed by atoms with van der Waals surface area (Å²) in [5, 5.41) is 2.47. The second kappa shape index (κ2) is 6.32. The molecule has 0 radical (unpaired) electrons.